The van der Waals surface area contributed by atoms with Crippen molar-refractivity contribution < 1.29 is 4.79 Å². The summed E-state index contributed by atoms with van der Waals surface area (Å²) < 4.78 is 0. The summed E-state index contributed by atoms with van der Waals surface area (Å²) in [4.78, 5) is 14.4. The minimum Gasteiger partial charge on any atom is -0.339 e. The summed E-state index contributed by atoms with van der Waals surface area (Å²) in [5.41, 5.74) is 2.50. The average Bonchev–Trinajstić information content (AvgIpc) is 2.47. The van der Waals surface area contributed by atoms with Gasteiger partial charge >= 0.3 is 0 Å². The molecular formula is C17H26N2O. The molecule has 0 spiro atoms. The lowest BCUT2D eigenvalue weighted by atomic mass is 10.00. The van der Waals surface area contributed by atoms with E-state index in [0.717, 1.165) is 25.9 Å². The first-order valence-corrected chi connectivity index (χ1v) is 7.76. The van der Waals surface area contributed by atoms with E-state index in [1.54, 1.807) is 0 Å². The highest BCUT2D eigenvalue weighted by molar-refractivity contribution is 5.78. The Balaban J connectivity index is 1.79. The van der Waals surface area contributed by atoms with Crippen LogP contribution in [0.1, 0.15) is 43.7 Å². The highest BCUT2D eigenvalue weighted by Crippen LogP contribution is 2.19. The Morgan fingerprint density at radius 1 is 1.40 bits per heavy atom. The number of likely N-dealkylation sites (tertiary alicyclic amines) is 1. The van der Waals surface area contributed by atoms with Crippen LogP contribution in [0, 0.1) is 6.92 Å². The minimum absolute atomic E-state index is 0.254. The summed E-state index contributed by atoms with van der Waals surface area (Å²) in [5.74, 6) is 0.254. The van der Waals surface area contributed by atoms with Crippen molar-refractivity contribution in [1.29, 1.82) is 0 Å². The standard InChI is InChI=1S/C17H26N2O/c1-3-16-9-4-5-10-19(16)17(20)13-18-12-15-8-6-7-14(2)11-15/h6-8,11,16,18H,3-5,9-10,12-13H2,1-2H3. The van der Waals surface area contributed by atoms with Gasteiger partial charge in [0.1, 0.15) is 0 Å². The maximum atomic E-state index is 12.3. The fraction of sp³-hybridized carbons (Fsp3) is 0.588. The van der Waals surface area contributed by atoms with Gasteiger partial charge in [0.05, 0.1) is 6.54 Å². The molecule has 1 heterocycles. The second-order valence-corrected chi connectivity index (χ2v) is 5.74. The molecule has 1 N–H and O–H groups in total. The second-order valence-electron chi connectivity index (χ2n) is 5.74. The largest absolute Gasteiger partial charge is 0.339 e. The molecule has 2 rings (SSSR count). The van der Waals surface area contributed by atoms with Gasteiger partial charge in [-0.3, -0.25) is 4.79 Å². The van der Waals surface area contributed by atoms with Gasteiger partial charge in [0.2, 0.25) is 5.91 Å². The number of rotatable bonds is 5. The van der Waals surface area contributed by atoms with Crippen LogP contribution >= 0.6 is 0 Å². The van der Waals surface area contributed by atoms with E-state index in [1.807, 2.05) is 0 Å². The number of aryl methyl sites for hydroxylation is 1. The number of amides is 1. The Labute approximate surface area is 122 Å². The van der Waals surface area contributed by atoms with Crippen molar-refractivity contribution in [1.82, 2.24) is 10.2 Å². The number of nitrogens with zero attached hydrogens (tertiary/aromatic N) is 1. The smallest absolute Gasteiger partial charge is 0.236 e. The molecule has 1 saturated heterocycles. The third-order valence-corrected chi connectivity index (χ3v) is 4.11. The maximum Gasteiger partial charge on any atom is 0.236 e. The van der Waals surface area contributed by atoms with Crippen LogP contribution in [-0.4, -0.2) is 29.9 Å². The SMILES string of the molecule is CCC1CCCCN1C(=O)CNCc1cccc(C)c1. The van der Waals surface area contributed by atoms with Crippen LogP contribution in [-0.2, 0) is 11.3 Å². The molecule has 1 aromatic carbocycles. The Hall–Kier alpha value is -1.35. The molecule has 0 aromatic heterocycles. The first-order chi connectivity index (χ1) is 9.70. The first kappa shape index (κ1) is 15.0. The van der Waals surface area contributed by atoms with Crippen molar-refractivity contribution >= 4 is 5.91 Å². The fourth-order valence-corrected chi connectivity index (χ4v) is 2.99. The van der Waals surface area contributed by atoms with Gasteiger partial charge in [-0.25, -0.2) is 0 Å². The van der Waals surface area contributed by atoms with Gasteiger partial charge in [0, 0.05) is 19.1 Å². The molecule has 0 saturated carbocycles. The van der Waals surface area contributed by atoms with Gasteiger partial charge in [-0.2, -0.15) is 0 Å². The first-order valence-electron chi connectivity index (χ1n) is 7.76. The second kappa shape index (κ2) is 7.44. The highest BCUT2D eigenvalue weighted by atomic mass is 16.2. The monoisotopic (exact) mass is 274 g/mol. The molecule has 1 atom stereocenters. The molecule has 20 heavy (non-hydrogen) atoms. The van der Waals surface area contributed by atoms with E-state index in [-0.39, 0.29) is 5.91 Å². The van der Waals surface area contributed by atoms with Crippen LogP contribution in [0.4, 0.5) is 0 Å². The third-order valence-electron chi connectivity index (χ3n) is 4.11. The van der Waals surface area contributed by atoms with Gasteiger partial charge in [0.25, 0.3) is 0 Å². The number of piperidine rings is 1. The van der Waals surface area contributed by atoms with E-state index in [0.29, 0.717) is 12.6 Å². The Morgan fingerprint density at radius 3 is 3.00 bits per heavy atom. The number of benzene rings is 1. The zero-order valence-electron chi connectivity index (χ0n) is 12.7. The number of hydrogen-bond acceptors (Lipinski definition) is 2. The van der Waals surface area contributed by atoms with E-state index in [9.17, 15) is 4.79 Å². The van der Waals surface area contributed by atoms with Crippen LogP contribution < -0.4 is 5.32 Å². The molecule has 0 aliphatic carbocycles. The van der Waals surface area contributed by atoms with Crippen LogP contribution in [0.25, 0.3) is 0 Å². The van der Waals surface area contributed by atoms with Gasteiger partial charge in [-0.05, 0) is 38.2 Å². The lowest BCUT2D eigenvalue weighted by molar-refractivity contribution is -0.134. The van der Waals surface area contributed by atoms with Crippen LogP contribution in [0.3, 0.4) is 0 Å². The van der Waals surface area contributed by atoms with E-state index in [4.69, 9.17) is 0 Å². The predicted molar refractivity (Wildman–Crippen MR) is 82.5 cm³/mol. The Morgan fingerprint density at radius 2 is 2.25 bits per heavy atom. The lowest BCUT2D eigenvalue weighted by Crippen LogP contribution is -2.46. The molecule has 3 nitrogen and oxygen atoms in total. The molecule has 0 radical (unpaired) electrons. The van der Waals surface area contributed by atoms with Gasteiger partial charge in [-0.15, -0.1) is 0 Å². The summed E-state index contributed by atoms with van der Waals surface area (Å²) in [6.07, 6.45) is 4.66. The van der Waals surface area contributed by atoms with Gasteiger partial charge in [0.15, 0.2) is 0 Å². The molecule has 110 valence electrons. The molecule has 1 unspecified atom stereocenters. The van der Waals surface area contributed by atoms with Gasteiger partial charge in [-0.1, -0.05) is 36.8 Å². The van der Waals surface area contributed by atoms with Gasteiger partial charge < -0.3 is 10.2 Å². The molecule has 1 aliphatic rings. The zero-order valence-corrected chi connectivity index (χ0v) is 12.7. The van der Waals surface area contributed by atoms with Crippen LogP contribution in [0.2, 0.25) is 0 Å². The quantitative estimate of drug-likeness (QED) is 0.895. The molecule has 1 amide bonds. The normalized spacial score (nSPS) is 19.1. The number of nitrogens with one attached hydrogen (secondary N) is 1. The summed E-state index contributed by atoms with van der Waals surface area (Å²) >= 11 is 0. The van der Waals surface area contributed by atoms with Crippen LogP contribution in [0.5, 0.6) is 0 Å². The molecule has 0 bridgehead atoms. The fourth-order valence-electron chi connectivity index (χ4n) is 2.99. The zero-order chi connectivity index (χ0) is 14.4. The third kappa shape index (κ3) is 4.07. The maximum absolute atomic E-state index is 12.3. The highest BCUT2D eigenvalue weighted by Gasteiger charge is 2.24. The molecule has 1 aromatic rings. The van der Waals surface area contributed by atoms with Crippen molar-refractivity contribution in [2.45, 2.75) is 52.1 Å². The summed E-state index contributed by atoms with van der Waals surface area (Å²) in [5, 5.41) is 3.28. The van der Waals surface area contributed by atoms with E-state index in [2.05, 4.69) is 48.3 Å². The van der Waals surface area contributed by atoms with Crippen LogP contribution in [0.15, 0.2) is 24.3 Å². The molecule has 1 aliphatic heterocycles. The van der Waals surface area contributed by atoms with Crippen molar-refractivity contribution in [2.75, 3.05) is 13.1 Å². The van der Waals surface area contributed by atoms with E-state index in [1.165, 1.54) is 24.0 Å². The van der Waals surface area contributed by atoms with E-state index < -0.39 is 0 Å². The average molecular weight is 274 g/mol. The molecule has 3 heteroatoms. The number of hydrogen-bond donors (Lipinski definition) is 1. The Kier molecular flexibility index (Phi) is 5.60. The van der Waals surface area contributed by atoms with E-state index >= 15 is 0 Å². The minimum atomic E-state index is 0.254. The predicted octanol–water partition coefficient (Wildman–Crippen LogP) is 2.88. The number of carbonyl (C=O) groups excluding carboxylic acids is 1. The molecule has 1 fully saturated rings. The number of carbonyl (C=O) groups is 1. The topological polar surface area (TPSA) is 32.3 Å². The van der Waals surface area contributed by atoms with Crippen molar-refractivity contribution in [2.24, 2.45) is 0 Å². The lowest BCUT2D eigenvalue weighted by Gasteiger charge is -2.35. The molecular weight excluding hydrogens is 248 g/mol. The summed E-state index contributed by atoms with van der Waals surface area (Å²) in [6, 6.07) is 8.87. The van der Waals surface area contributed by atoms with Crippen molar-refractivity contribution in [3.63, 3.8) is 0 Å². The van der Waals surface area contributed by atoms with Crippen molar-refractivity contribution in [3.05, 3.63) is 35.4 Å². The van der Waals surface area contributed by atoms with Crippen molar-refractivity contribution in [3.8, 4) is 0 Å². The summed E-state index contributed by atoms with van der Waals surface area (Å²) in [7, 11) is 0. The summed E-state index contributed by atoms with van der Waals surface area (Å²) in [6.45, 7) is 6.41. The Bertz CT molecular complexity index is 444.